The molecule has 2 rings (SSSR count). The van der Waals surface area contributed by atoms with Crippen molar-refractivity contribution in [1.82, 2.24) is 4.90 Å². The van der Waals surface area contributed by atoms with E-state index in [1.54, 1.807) is 12.1 Å². The molecule has 0 saturated carbocycles. The molecule has 0 aliphatic carbocycles. The summed E-state index contributed by atoms with van der Waals surface area (Å²) in [6.07, 6.45) is 0.0659. The van der Waals surface area contributed by atoms with E-state index in [1.165, 1.54) is 0 Å². The van der Waals surface area contributed by atoms with Crippen molar-refractivity contribution in [3.05, 3.63) is 23.8 Å². The molecule has 1 aromatic carbocycles. The van der Waals surface area contributed by atoms with Crippen molar-refractivity contribution in [3.8, 4) is 11.5 Å². The molecule has 6 nitrogen and oxygen atoms in total. The van der Waals surface area contributed by atoms with E-state index in [0.29, 0.717) is 38.7 Å². The number of phenolic OH excluding ortho intramolecular Hbond substituents is 1. The normalized spacial score (nSPS) is 19.4. The van der Waals surface area contributed by atoms with Crippen molar-refractivity contribution >= 4 is 5.97 Å². The smallest absolute Gasteiger partial charge is 0.305 e. The fourth-order valence-electron chi connectivity index (χ4n) is 2.45. The van der Waals surface area contributed by atoms with E-state index in [0.717, 1.165) is 5.56 Å². The Morgan fingerprint density at radius 3 is 3.05 bits per heavy atom. The van der Waals surface area contributed by atoms with Gasteiger partial charge in [-0.1, -0.05) is 6.07 Å². The van der Waals surface area contributed by atoms with Gasteiger partial charge in [0, 0.05) is 19.1 Å². The summed E-state index contributed by atoms with van der Waals surface area (Å²) in [5, 5.41) is 18.7. The number of aromatic hydroxyl groups is 1. The zero-order chi connectivity index (χ0) is 15.2. The lowest BCUT2D eigenvalue weighted by Crippen LogP contribution is -2.45. The van der Waals surface area contributed by atoms with Crippen LogP contribution in [0.15, 0.2) is 18.2 Å². The molecule has 0 spiro atoms. The molecule has 6 heteroatoms. The molecule has 1 unspecified atom stereocenters. The monoisotopic (exact) mass is 295 g/mol. The molecular weight excluding hydrogens is 274 g/mol. The lowest BCUT2D eigenvalue weighted by Gasteiger charge is -2.34. The molecule has 1 fully saturated rings. The van der Waals surface area contributed by atoms with Gasteiger partial charge in [-0.25, -0.2) is 0 Å². The zero-order valence-electron chi connectivity index (χ0n) is 12.1. The molecule has 116 valence electrons. The van der Waals surface area contributed by atoms with Crippen molar-refractivity contribution in [2.45, 2.75) is 25.9 Å². The second kappa shape index (κ2) is 7.28. The third-order valence-corrected chi connectivity index (χ3v) is 3.47. The van der Waals surface area contributed by atoms with Crippen LogP contribution in [0.2, 0.25) is 0 Å². The Bertz CT molecular complexity index is 491. The van der Waals surface area contributed by atoms with Crippen LogP contribution in [0.4, 0.5) is 0 Å². The minimum absolute atomic E-state index is 0.0659. The molecule has 0 bridgehead atoms. The van der Waals surface area contributed by atoms with Gasteiger partial charge in [0.1, 0.15) is 0 Å². The number of carbonyl (C=O) groups is 1. The van der Waals surface area contributed by atoms with Gasteiger partial charge in [0.25, 0.3) is 0 Å². The molecular formula is C15H21NO5. The van der Waals surface area contributed by atoms with Gasteiger partial charge in [0.05, 0.1) is 26.2 Å². The van der Waals surface area contributed by atoms with Gasteiger partial charge in [-0.15, -0.1) is 0 Å². The summed E-state index contributed by atoms with van der Waals surface area (Å²) in [5.41, 5.74) is 0.980. The number of aliphatic carboxylic acids is 1. The van der Waals surface area contributed by atoms with Gasteiger partial charge in [0.15, 0.2) is 11.5 Å². The minimum atomic E-state index is -0.823. The van der Waals surface area contributed by atoms with Crippen LogP contribution < -0.4 is 4.74 Å². The minimum Gasteiger partial charge on any atom is -0.504 e. The van der Waals surface area contributed by atoms with Crippen LogP contribution >= 0.6 is 0 Å². The zero-order valence-corrected chi connectivity index (χ0v) is 12.1. The topological polar surface area (TPSA) is 79.2 Å². The molecule has 0 aromatic heterocycles. The van der Waals surface area contributed by atoms with E-state index >= 15 is 0 Å². The quantitative estimate of drug-likeness (QED) is 0.827. The van der Waals surface area contributed by atoms with Crippen LogP contribution in [-0.4, -0.2) is 53.5 Å². The number of rotatable bonds is 6. The Kier molecular flexibility index (Phi) is 5.41. The first-order chi connectivity index (χ1) is 10.1. The first-order valence-electron chi connectivity index (χ1n) is 7.08. The Hall–Kier alpha value is -1.79. The lowest BCUT2D eigenvalue weighted by molar-refractivity contribution is -0.140. The third-order valence-electron chi connectivity index (χ3n) is 3.47. The molecule has 1 atom stereocenters. The van der Waals surface area contributed by atoms with E-state index in [2.05, 4.69) is 4.90 Å². The summed E-state index contributed by atoms with van der Waals surface area (Å²) < 4.78 is 10.7. The molecule has 2 N–H and O–H groups in total. The van der Waals surface area contributed by atoms with E-state index in [9.17, 15) is 9.90 Å². The lowest BCUT2D eigenvalue weighted by atomic mass is 10.1. The van der Waals surface area contributed by atoms with E-state index in [1.807, 2.05) is 13.0 Å². The molecule has 0 radical (unpaired) electrons. The van der Waals surface area contributed by atoms with Gasteiger partial charge in [-0.2, -0.15) is 0 Å². The number of hydrogen-bond donors (Lipinski definition) is 2. The molecule has 21 heavy (non-hydrogen) atoms. The predicted molar refractivity (Wildman–Crippen MR) is 76.5 cm³/mol. The average molecular weight is 295 g/mol. The van der Waals surface area contributed by atoms with Crippen LogP contribution in [-0.2, 0) is 16.1 Å². The maximum Gasteiger partial charge on any atom is 0.305 e. The SMILES string of the molecule is CCOc1cc(CN2CCOCC2CC(=O)O)ccc1O. The second-order valence-corrected chi connectivity index (χ2v) is 5.03. The van der Waals surface area contributed by atoms with Crippen LogP contribution in [0.25, 0.3) is 0 Å². The predicted octanol–water partition coefficient (Wildman–Crippen LogP) is 1.47. The number of ether oxygens (including phenoxy) is 2. The fourth-order valence-corrected chi connectivity index (χ4v) is 2.45. The number of nitrogens with zero attached hydrogens (tertiary/aromatic N) is 1. The van der Waals surface area contributed by atoms with Crippen molar-refractivity contribution in [3.63, 3.8) is 0 Å². The summed E-state index contributed by atoms with van der Waals surface area (Å²) in [5.74, 6) is -0.251. The summed E-state index contributed by atoms with van der Waals surface area (Å²) in [4.78, 5) is 13.0. The van der Waals surface area contributed by atoms with Crippen LogP contribution in [0, 0.1) is 0 Å². The maximum absolute atomic E-state index is 10.9. The summed E-state index contributed by atoms with van der Waals surface area (Å²) in [6.45, 7) is 4.69. The van der Waals surface area contributed by atoms with Crippen molar-refractivity contribution in [1.29, 1.82) is 0 Å². The number of morpholine rings is 1. The first kappa shape index (κ1) is 15.6. The van der Waals surface area contributed by atoms with Gasteiger partial charge in [0.2, 0.25) is 0 Å². The van der Waals surface area contributed by atoms with E-state index < -0.39 is 5.97 Å². The first-order valence-corrected chi connectivity index (χ1v) is 7.08. The highest BCUT2D eigenvalue weighted by Gasteiger charge is 2.25. The molecule has 0 amide bonds. The highest BCUT2D eigenvalue weighted by molar-refractivity contribution is 5.67. The van der Waals surface area contributed by atoms with Crippen LogP contribution in [0.5, 0.6) is 11.5 Å². The molecule has 1 aliphatic rings. The number of phenols is 1. The standard InChI is InChI=1S/C15H21NO5/c1-2-21-14-7-11(3-4-13(14)17)9-16-5-6-20-10-12(16)8-15(18)19/h3-4,7,12,17H,2,5-6,8-10H2,1H3,(H,18,19). The second-order valence-electron chi connectivity index (χ2n) is 5.03. The maximum atomic E-state index is 10.9. The largest absolute Gasteiger partial charge is 0.504 e. The van der Waals surface area contributed by atoms with Crippen LogP contribution in [0.3, 0.4) is 0 Å². The van der Waals surface area contributed by atoms with Crippen molar-refractivity contribution < 1.29 is 24.5 Å². The highest BCUT2D eigenvalue weighted by Crippen LogP contribution is 2.28. The third kappa shape index (κ3) is 4.34. The van der Waals surface area contributed by atoms with Gasteiger partial charge < -0.3 is 19.7 Å². The summed E-state index contributed by atoms with van der Waals surface area (Å²) in [6, 6.07) is 5.10. The van der Waals surface area contributed by atoms with Gasteiger partial charge in [-0.3, -0.25) is 9.69 Å². The highest BCUT2D eigenvalue weighted by atomic mass is 16.5. The van der Waals surface area contributed by atoms with E-state index in [4.69, 9.17) is 14.6 Å². The number of benzene rings is 1. The van der Waals surface area contributed by atoms with Gasteiger partial charge in [-0.05, 0) is 24.6 Å². The van der Waals surface area contributed by atoms with Gasteiger partial charge >= 0.3 is 5.97 Å². The Balaban J connectivity index is 2.07. The summed E-state index contributed by atoms with van der Waals surface area (Å²) in [7, 11) is 0. The Morgan fingerprint density at radius 1 is 1.52 bits per heavy atom. The average Bonchev–Trinajstić information content (AvgIpc) is 2.44. The number of carboxylic acids is 1. The number of hydrogen-bond acceptors (Lipinski definition) is 5. The summed E-state index contributed by atoms with van der Waals surface area (Å²) >= 11 is 0. The molecule has 1 heterocycles. The van der Waals surface area contributed by atoms with Crippen LogP contribution in [0.1, 0.15) is 18.9 Å². The Morgan fingerprint density at radius 2 is 2.33 bits per heavy atom. The number of carboxylic acid groups (broad SMARTS) is 1. The van der Waals surface area contributed by atoms with Crippen molar-refractivity contribution in [2.24, 2.45) is 0 Å². The van der Waals surface area contributed by atoms with Crippen molar-refractivity contribution in [2.75, 3.05) is 26.4 Å². The molecule has 1 aliphatic heterocycles. The fraction of sp³-hybridized carbons (Fsp3) is 0.533. The van der Waals surface area contributed by atoms with E-state index in [-0.39, 0.29) is 18.2 Å². The molecule has 1 saturated heterocycles. The Labute approximate surface area is 123 Å². The molecule has 1 aromatic rings.